The van der Waals surface area contributed by atoms with E-state index in [1.165, 1.54) is 31.4 Å². The van der Waals surface area contributed by atoms with E-state index in [-0.39, 0.29) is 22.2 Å². The topological polar surface area (TPSA) is 104 Å². The van der Waals surface area contributed by atoms with Gasteiger partial charge in [-0.1, -0.05) is 0 Å². The first-order valence-electron chi connectivity index (χ1n) is 5.44. The molecule has 0 aliphatic heterocycles. The Kier molecular flexibility index (Phi) is 5.08. The Balaban J connectivity index is 2.97. The minimum absolute atomic E-state index is 0.0476. The number of rotatable bonds is 6. The molecule has 2 N–H and O–H groups in total. The first-order valence-corrected chi connectivity index (χ1v) is 8.98. The van der Waals surface area contributed by atoms with Gasteiger partial charge in [0.2, 0.25) is 0 Å². The number of benzene rings is 1. The average molecular weight is 307 g/mol. The van der Waals surface area contributed by atoms with E-state index in [4.69, 9.17) is 10.5 Å². The van der Waals surface area contributed by atoms with E-state index in [9.17, 15) is 16.8 Å². The third kappa shape index (κ3) is 4.57. The second kappa shape index (κ2) is 6.00. The van der Waals surface area contributed by atoms with Gasteiger partial charge in [0.1, 0.15) is 0 Å². The number of ether oxygens (including phenoxy) is 1. The summed E-state index contributed by atoms with van der Waals surface area (Å²) in [5, 5.41) is 0. The molecule has 108 valence electrons. The van der Waals surface area contributed by atoms with Crippen molar-refractivity contribution >= 4 is 19.7 Å². The standard InChI is InChI=1S/C11H17NO5S2/c1-17-7-9(12)8-19(15,16)11-5-3-10(4-6-11)18(2,13)14/h3-6,9H,7-8,12H2,1-2H3. The van der Waals surface area contributed by atoms with E-state index in [0.29, 0.717) is 0 Å². The molecule has 1 atom stereocenters. The smallest absolute Gasteiger partial charge is 0.179 e. The highest BCUT2D eigenvalue weighted by molar-refractivity contribution is 7.91. The second-order valence-electron chi connectivity index (χ2n) is 4.24. The number of methoxy groups -OCH3 is 1. The molecule has 8 heteroatoms. The molecule has 0 heterocycles. The molecule has 0 aromatic heterocycles. The van der Waals surface area contributed by atoms with Crippen LogP contribution in [0, 0.1) is 0 Å². The van der Waals surface area contributed by atoms with Gasteiger partial charge in [-0.25, -0.2) is 16.8 Å². The number of sulfone groups is 2. The van der Waals surface area contributed by atoms with Crippen LogP contribution in [0.3, 0.4) is 0 Å². The molecule has 19 heavy (non-hydrogen) atoms. The minimum atomic E-state index is -3.54. The molecule has 0 amide bonds. The zero-order valence-corrected chi connectivity index (χ0v) is 12.4. The predicted octanol–water partition coefficient (Wildman–Crippen LogP) is -0.162. The lowest BCUT2D eigenvalue weighted by atomic mass is 10.4. The van der Waals surface area contributed by atoms with Gasteiger partial charge in [0.05, 0.1) is 22.2 Å². The third-order valence-corrected chi connectivity index (χ3v) is 5.41. The van der Waals surface area contributed by atoms with E-state index < -0.39 is 25.7 Å². The Morgan fingerprint density at radius 2 is 1.58 bits per heavy atom. The molecule has 1 unspecified atom stereocenters. The van der Waals surface area contributed by atoms with Crippen molar-refractivity contribution in [2.75, 3.05) is 25.7 Å². The van der Waals surface area contributed by atoms with E-state index in [0.717, 1.165) is 6.26 Å². The summed E-state index contributed by atoms with van der Waals surface area (Å²) in [4.78, 5) is 0.124. The van der Waals surface area contributed by atoms with Gasteiger partial charge in [0.15, 0.2) is 19.7 Å². The van der Waals surface area contributed by atoms with E-state index in [1.807, 2.05) is 0 Å². The monoisotopic (exact) mass is 307 g/mol. The highest BCUT2D eigenvalue weighted by Crippen LogP contribution is 2.16. The average Bonchev–Trinajstić information content (AvgIpc) is 2.27. The Hall–Kier alpha value is -0.960. The van der Waals surface area contributed by atoms with Crippen molar-refractivity contribution in [2.45, 2.75) is 15.8 Å². The van der Waals surface area contributed by atoms with Crippen LogP contribution in [-0.4, -0.2) is 48.6 Å². The van der Waals surface area contributed by atoms with Crippen LogP contribution in [-0.2, 0) is 24.4 Å². The Morgan fingerprint density at radius 1 is 1.11 bits per heavy atom. The summed E-state index contributed by atoms with van der Waals surface area (Å²) < 4.78 is 51.3. The van der Waals surface area contributed by atoms with Gasteiger partial charge >= 0.3 is 0 Å². The normalized spacial score (nSPS) is 14.3. The molecule has 0 saturated heterocycles. The van der Waals surface area contributed by atoms with Crippen LogP contribution < -0.4 is 5.73 Å². The van der Waals surface area contributed by atoms with Gasteiger partial charge in [-0.05, 0) is 24.3 Å². The summed E-state index contributed by atoms with van der Waals surface area (Å²) in [6.45, 7) is 0.140. The van der Waals surface area contributed by atoms with Crippen molar-refractivity contribution in [3.63, 3.8) is 0 Å². The van der Waals surface area contributed by atoms with Crippen LogP contribution >= 0.6 is 0 Å². The lowest BCUT2D eigenvalue weighted by molar-refractivity contribution is 0.186. The van der Waals surface area contributed by atoms with Crippen molar-refractivity contribution in [1.29, 1.82) is 0 Å². The summed E-state index contributed by atoms with van der Waals surface area (Å²) in [6.07, 6.45) is 1.06. The van der Waals surface area contributed by atoms with Crippen LogP contribution in [0.2, 0.25) is 0 Å². The van der Waals surface area contributed by atoms with Crippen molar-refractivity contribution in [2.24, 2.45) is 5.73 Å². The molecule has 0 radical (unpaired) electrons. The highest BCUT2D eigenvalue weighted by Gasteiger charge is 2.19. The zero-order valence-electron chi connectivity index (χ0n) is 10.7. The molecule has 0 spiro atoms. The first kappa shape index (κ1) is 16.1. The first-order chi connectivity index (χ1) is 8.66. The lowest BCUT2D eigenvalue weighted by Gasteiger charge is -2.11. The summed E-state index contributed by atoms with van der Waals surface area (Å²) >= 11 is 0. The molecule has 1 aromatic rings. The third-order valence-electron chi connectivity index (χ3n) is 2.43. The highest BCUT2D eigenvalue weighted by atomic mass is 32.2. The molecule has 0 aliphatic rings. The summed E-state index contributed by atoms with van der Waals surface area (Å²) in [6, 6.07) is 4.45. The van der Waals surface area contributed by atoms with E-state index in [1.54, 1.807) is 0 Å². The van der Waals surface area contributed by atoms with Crippen LogP contribution in [0.1, 0.15) is 0 Å². The quantitative estimate of drug-likeness (QED) is 0.783. The molecule has 0 saturated carbocycles. The van der Waals surface area contributed by atoms with Crippen molar-refractivity contribution < 1.29 is 21.6 Å². The number of nitrogens with two attached hydrogens (primary N) is 1. The van der Waals surface area contributed by atoms with Gasteiger partial charge in [0, 0.05) is 19.4 Å². The van der Waals surface area contributed by atoms with Crippen LogP contribution in [0.4, 0.5) is 0 Å². The summed E-state index contributed by atoms with van der Waals surface area (Å²) in [5.74, 6) is -0.251. The van der Waals surface area contributed by atoms with Crippen molar-refractivity contribution in [1.82, 2.24) is 0 Å². The SMILES string of the molecule is COCC(N)CS(=O)(=O)c1ccc(S(C)(=O)=O)cc1. The van der Waals surface area contributed by atoms with Crippen LogP contribution in [0.25, 0.3) is 0 Å². The minimum Gasteiger partial charge on any atom is -0.383 e. The molecular formula is C11H17NO5S2. The van der Waals surface area contributed by atoms with Crippen LogP contribution in [0.5, 0.6) is 0 Å². The predicted molar refractivity (Wildman–Crippen MR) is 71.5 cm³/mol. The lowest BCUT2D eigenvalue weighted by Crippen LogP contribution is -2.33. The Morgan fingerprint density at radius 3 is 2.00 bits per heavy atom. The fourth-order valence-corrected chi connectivity index (χ4v) is 3.57. The number of hydrogen-bond acceptors (Lipinski definition) is 6. The zero-order chi connectivity index (χ0) is 14.7. The molecule has 1 rings (SSSR count). The molecular weight excluding hydrogens is 290 g/mol. The second-order valence-corrected chi connectivity index (χ2v) is 8.29. The Labute approximate surface area is 113 Å². The summed E-state index contributed by atoms with van der Waals surface area (Å²) in [7, 11) is -5.44. The largest absolute Gasteiger partial charge is 0.383 e. The van der Waals surface area contributed by atoms with Gasteiger partial charge in [-0.3, -0.25) is 0 Å². The molecule has 0 fully saturated rings. The van der Waals surface area contributed by atoms with Crippen molar-refractivity contribution in [3.05, 3.63) is 24.3 Å². The molecule has 0 bridgehead atoms. The Bertz CT molecular complexity index is 620. The van der Waals surface area contributed by atoms with Crippen LogP contribution in [0.15, 0.2) is 34.1 Å². The van der Waals surface area contributed by atoms with Crippen molar-refractivity contribution in [3.8, 4) is 0 Å². The fourth-order valence-electron chi connectivity index (χ4n) is 1.53. The molecule has 0 aliphatic carbocycles. The molecule has 6 nitrogen and oxygen atoms in total. The van der Waals surface area contributed by atoms with E-state index >= 15 is 0 Å². The number of hydrogen-bond donors (Lipinski definition) is 1. The van der Waals surface area contributed by atoms with Gasteiger partial charge < -0.3 is 10.5 Å². The van der Waals surface area contributed by atoms with Gasteiger partial charge in [-0.2, -0.15) is 0 Å². The maximum absolute atomic E-state index is 12.0. The maximum Gasteiger partial charge on any atom is 0.179 e. The molecule has 1 aromatic carbocycles. The van der Waals surface area contributed by atoms with Gasteiger partial charge in [-0.15, -0.1) is 0 Å². The fraction of sp³-hybridized carbons (Fsp3) is 0.455. The van der Waals surface area contributed by atoms with Gasteiger partial charge in [0.25, 0.3) is 0 Å². The maximum atomic E-state index is 12.0. The summed E-state index contributed by atoms with van der Waals surface area (Å²) in [5.41, 5.74) is 5.61. The van der Waals surface area contributed by atoms with E-state index in [2.05, 4.69) is 0 Å².